The van der Waals surface area contributed by atoms with E-state index in [-0.39, 0.29) is 17.5 Å². The van der Waals surface area contributed by atoms with E-state index in [2.05, 4.69) is 13.8 Å². The summed E-state index contributed by atoms with van der Waals surface area (Å²) in [7, 11) is 0. The lowest BCUT2D eigenvalue weighted by Crippen LogP contribution is -2.23. The molecule has 2 nitrogen and oxygen atoms in total. The molecule has 0 radical (unpaired) electrons. The molecule has 0 aliphatic heterocycles. The Morgan fingerprint density at radius 1 is 0.351 bits per heavy atom. The molecule has 37 heavy (non-hydrogen) atoms. The Morgan fingerprint density at radius 3 is 0.784 bits per heavy atom. The SMILES string of the molecule is CCCCCCCCCCCCCCCC(=O)C(CC)C(=O)CCCCCCCCCCCCCCC. The van der Waals surface area contributed by atoms with Crippen LogP contribution in [0.25, 0.3) is 0 Å². The van der Waals surface area contributed by atoms with Crippen molar-refractivity contribution in [2.24, 2.45) is 5.92 Å². The summed E-state index contributed by atoms with van der Waals surface area (Å²) >= 11 is 0. The number of hydrogen-bond acceptors (Lipinski definition) is 2. The van der Waals surface area contributed by atoms with Crippen molar-refractivity contribution in [1.82, 2.24) is 0 Å². The average Bonchev–Trinajstić information content (AvgIpc) is 2.90. The molecule has 0 heterocycles. The van der Waals surface area contributed by atoms with Gasteiger partial charge in [-0.25, -0.2) is 0 Å². The molecule has 0 spiro atoms. The summed E-state index contributed by atoms with van der Waals surface area (Å²) in [6, 6.07) is 0. The van der Waals surface area contributed by atoms with E-state index >= 15 is 0 Å². The van der Waals surface area contributed by atoms with Gasteiger partial charge in [-0.3, -0.25) is 9.59 Å². The van der Waals surface area contributed by atoms with E-state index in [0.717, 1.165) is 25.7 Å². The molecule has 0 amide bonds. The van der Waals surface area contributed by atoms with Crippen LogP contribution >= 0.6 is 0 Å². The van der Waals surface area contributed by atoms with Gasteiger partial charge in [-0.05, 0) is 19.3 Å². The quantitative estimate of drug-likeness (QED) is 0.0672. The summed E-state index contributed by atoms with van der Waals surface area (Å²) < 4.78 is 0. The van der Waals surface area contributed by atoms with Crippen molar-refractivity contribution in [3.05, 3.63) is 0 Å². The number of rotatable bonds is 31. The summed E-state index contributed by atoms with van der Waals surface area (Å²) in [5.74, 6) is 0.102. The Kier molecular flexibility index (Phi) is 29.4. The van der Waals surface area contributed by atoms with Gasteiger partial charge in [0.2, 0.25) is 0 Å². The fourth-order valence-electron chi connectivity index (χ4n) is 5.62. The van der Waals surface area contributed by atoms with Gasteiger partial charge in [0.15, 0.2) is 0 Å². The number of Topliss-reactive ketones (excluding diaryl/α,β-unsaturated/α-hetero) is 2. The van der Waals surface area contributed by atoms with Crippen molar-refractivity contribution in [3.63, 3.8) is 0 Å². The highest BCUT2D eigenvalue weighted by Gasteiger charge is 2.23. The second-order valence-corrected chi connectivity index (χ2v) is 11.9. The molecule has 0 unspecified atom stereocenters. The van der Waals surface area contributed by atoms with Gasteiger partial charge in [-0.2, -0.15) is 0 Å². The van der Waals surface area contributed by atoms with Crippen LogP contribution < -0.4 is 0 Å². The van der Waals surface area contributed by atoms with E-state index in [0.29, 0.717) is 19.3 Å². The third-order valence-electron chi connectivity index (χ3n) is 8.24. The molecule has 0 aromatic rings. The van der Waals surface area contributed by atoms with Gasteiger partial charge in [0, 0.05) is 12.8 Å². The highest BCUT2D eigenvalue weighted by molar-refractivity contribution is 6.02. The van der Waals surface area contributed by atoms with Crippen LogP contribution in [0.4, 0.5) is 0 Å². The van der Waals surface area contributed by atoms with E-state index in [1.807, 2.05) is 6.92 Å². The Balaban J connectivity index is 3.57. The van der Waals surface area contributed by atoms with Gasteiger partial charge in [0.05, 0.1) is 5.92 Å². The average molecular weight is 521 g/mol. The first-order valence-corrected chi connectivity index (χ1v) is 17.2. The first-order chi connectivity index (χ1) is 18.2. The van der Waals surface area contributed by atoms with Gasteiger partial charge in [0.25, 0.3) is 0 Å². The van der Waals surface area contributed by atoms with Crippen molar-refractivity contribution < 1.29 is 9.59 Å². The van der Waals surface area contributed by atoms with E-state index < -0.39 is 0 Å². The second kappa shape index (κ2) is 29.9. The minimum Gasteiger partial charge on any atom is -0.299 e. The molecule has 0 saturated carbocycles. The predicted molar refractivity (Wildman–Crippen MR) is 164 cm³/mol. The Bertz CT molecular complexity index is 442. The van der Waals surface area contributed by atoms with Crippen molar-refractivity contribution in [2.75, 3.05) is 0 Å². The summed E-state index contributed by atoms with van der Waals surface area (Å²) in [6.45, 7) is 6.56. The largest absolute Gasteiger partial charge is 0.299 e. The predicted octanol–water partition coefficient (Wildman–Crippen LogP) is 12.1. The van der Waals surface area contributed by atoms with Crippen molar-refractivity contribution in [2.45, 2.75) is 207 Å². The number of ketones is 2. The van der Waals surface area contributed by atoms with E-state index in [1.54, 1.807) is 0 Å². The highest BCUT2D eigenvalue weighted by atomic mass is 16.1. The third kappa shape index (κ3) is 25.4. The zero-order valence-electron chi connectivity index (χ0n) is 25.9. The third-order valence-corrected chi connectivity index (χ3v) is 8.24. The van der Waals surface area contributed by atoms with Crippen LogP contribution in [-0.4, -0.2) is 11.6 Å². The van der Waals surface area contributed by atoms with Crippen LogP contribution in [0.5, 0.6) is 0 Å². The molecule has 0 aliphatic carbocycles. The molecular weight excluding hydrogens is 452 g/mol. The summed E-state index contributed by atoms with van der Waals surface area (Å²) in [4.78, 5) is 25.3. The van der Waals surface area contributed by atoms with Crippen LogP contribution in [0.15, 0.2) is 0 Å². The lowest BCUT2D eigenvalue weighted by Gasteiger charge is -2.13. The van der Waals surface area contributed by atoms with E-state index in [9.17, 15) is 9.59 Å². The maximum absolute atomic E-state index is 12.6. The van der Waals surface area contributed by atoms with E-state index in [1.165, 1.54) is 141 Å². The molecule has 0 saturated heterocycles. The maximum atomic E-state index is 12.6. The molecular formula is C35H68O2. The maximum Gasteiger partial charge on any atom is 0.143 e. The Hall–Kier alpha value is -0.660. The topological polar surface area (TPSA) is 34.1 Å². The van der Waals surface area contributed by atoms with Gasteiger partial charge >= 0.3 is 0 Å². The molecule has 0 aromatic carbocycles. The lowest BCUT2D eigenvalue weighted by molar-refractivity contribution is -0.133. The number of carbonyl (C=O) groups is 2. The molecule has 0 N–H and O–H groups in total. The Labute approximate surface area is 233 Å². The molecule has 220 valence electrons. The molecule has 0 atom stereocenters. The van der Waals surface area contributed by atoms with Gasteiger partial charge in [-0.15, -0.1) is 0 Å². The van der Waals surface area contributed by atoms with Gasteiger partial charge in [-0.1, -0.05) is 175 Å². The molecule has 0 bridgehead atoms. The molecule has 0 aromatic heterocycles. The minimum atomic E-state index is -0.324. The van der Waals surface area contributed by atoms with Gasteiger partial charge in [0.1, 0.15) is 11.6 Å². The van der Waals surface area contributed by atoms with Gasteiger partial charge < -0.3 is 0 Å². The van der Waals surface area contributed by atoms with E-state index in [4.69, 9.17) is 0 Å². The smallest absolute Gasteiger partial charge is 0.143 e. The monoisotopic (exact) mass is 521 g/mol. The first kappa shape index (κ1) is 36.3. The van der Waals surface area contributed by atoms with Crippen LogP contribution in [0.3, 0.4) is 0 Å². The zero-order valence-corrected chi connectivity index (χ0v) is 25.9. The van der Waals surface area contributed by atoms with Crippen LogP contribution in [0.2, 0.25) is 0 Å². The fourth-order valence-corrected chi connectivity index (χ4v) is 5.62. The molecule has 0 fully saturated rings. The number of hydrogen-bond donors (Lipinski definition) is 0. The molecule has 0 rings (SSSR count). The summed E-state index contributed by atoms with van der Waals surface area (Å²) in [5.41, 5.74) is 0. The summed E-state index contributed by atoms with van der Waals surface area (Å²) in [6.07, 6.45) is 36.2. The Morgan fingerprint density at radius 2 is 0.568 bits per heavy atom. The van der Waals surface area contributed by atoms with Crippen molar-refractivity contribution in [1.29, 1.82) is 0 Å². The highest BCUT2D eigenvalue weighted by Crippen LogP contribution is 2.18. The molecule has 2 heteroatoms. The second-order valence-electron chi connectivity index (χ2n) is 11.9. The van der Waals surface area contributed by atoms with Crippen LogP contribution in [0, 0.1) is 5.92 Å². The standard InChI is InChI=1S/C35H68O2/c1-4-7-9-11-13-15-17-19-21-23-25-27-29-31-34(36)33(6-3)35(37)32-30-28-26-24-22-20-18-16-14-12-10-8-5-2/h33H,4-32H2,1-3H3. The zero-order chi connectivity index (χ0) is 27.2. The van der Waals surface area contributed by atoms with Crippen LogP contribution in [0.1, 0.15) is 207 Å². The van der Waals surface area contributed by atoms with Crippen molar-refractivity contribution in [3.8, 4) is 0 Å². The first-order valence-electron chi connectivity index (χ1n) is 17.2. The number of unbranched alkanes of at least 4 members (excludes halogenated alkanes) is 24. The normalized spacial score (nSPS) is 11.5. The summed E-state index contributed by atoms with van der Waals surface area (Å²) in [5, 5.41) is 0. The van der Waals surface area contributed by atoms with Crippen molar-refractivity contribution >= 4 is 11.6 Å². The fraction of sp³-hybridized carbons (Fsp3) is 0.943. The number of carbonyl (C=O) groups excluding carboxylic acids is 2. The molecule has 0 aliphatic rings. The lowest BCUT2D eigenvalue weighted by atomic mass is 9.89. The van der Waals surface area contributed by atoms with Crippen LogP contribution in [-0.2, 0) is 9.59 Å². The minimum absolute atomic E-state index is 0.213.